The molecule has 2 atom stereocenters. The monoisotopic (exact) mass is 164 g/mol. The number of piperidine rings is 1. The first-order valence-electron chi connectivity index (χ1n) is 4.46. The fourth-order valence-corrected chi connectivity index (χ4v) is 2.81. The zero-order chi connectivity index (χ0) is 8.93. The van der Waals surface area contributed by atoms with Crippen molar-refractivity contribution in [3.63, 3.8) is 0 Å². The van der Waals surface area contributed by atoms with Crippen molar-refractivity contribution >= 4 is 0 Å². The van der Waals surface area contributed by atoms with Gasteiger partial charge in [-0.1, -0.05) is 5.92 Å². The largest absolute Gasteiger partial charge is 0.306 e. The highest BCUT2D eigenvalue weighted by Crippen LogP contribution is 2.57. The number of hydrogen-bond donors (Lipinski definition) is 0. The van der Waals surface area contributed by atoms with E-state index in [-0.39, 0.29) is 5.54 Å². The average molecular weight is 164 g/mol. The summed E-state index contributed by atoms with van der Waals surface area (Å²) in [6.07, 6.45) is 5.60. The van der Waals surface area contributed by atoms with E-state index in [1.54, 1.807) is 0 Å². The van der Waals surface area contributed by atoms with Crippen molar-refractivity contribution in [1.82, 2.24) is 9.80 Å². The molecule has 0 bridgehead atoms. The van der Waals surface area contributed by atoms with E-state index in [0.717, 1.165) is 11.8 Å². The van der Waals surface area contributed by atoms with Gasteiger partial charge >= 0.3 is 0 Å². The van der Waals surface area contributed by atoms with E-state index in [4.69, 9.17) is 6.42 Å². The first kappa shape index (κ1) is 8.10. The lowest BCUT2D eigenvalue weighted by Gasteiger charge is -2.25. The fourth-order valence-electron chi connectivity index (χ4n) is 2.81. The highest BCUT2D eigenvalue weighted by molar-refractivity contribution is 5.35. The lowest BCUT2D eigenvalue weighted by atomic mass is 10.1. The molecule has 0 aromatic rings. The van der Waals surface area contributed by atoms with E-state index in [2.05, 4.69) is 36.9 Å². The molecule has 0 spiro atoms. The molecule has 1 saturated heterocycles. The maximum Gasteiger partial charge on any atom is 0.0907 e. The second-order valence-electron chi connectivity index (χ2n) is 4.30. The van der Waals surface area contributed by atoms with Gasteiger partial charge in [0.05, 0.1) is 5.54 Å². The Morgan fingerprint density at radius 2 is 1.92 bits per heavy atom. The normalized spacial score (nSPS) is 45.9. The van der Waals surface area contributed by atoms with Crippen LogP contribution in [0.5, 0.6) is 0 Å². The molecule has 2 fully saturated rings. The van der Waals surface area contributed by atoms with Crippen LogP contribution >= 0.6 is 0 Å². The van der Waals surface area contributed by atoms with Crippen LogP contribution in [-0.4, -0.2) is 49.6 Å². The Labute approximate surface area is 74.5 Å². The number of fused-ring (bicyclic) bond motifs is 1. The average Bonchev–Trinajstić information content (AvgIpc) is 2.40. The molecule has 1 heterocycles. The van der Waals surface area contributed by atoms with Gasteiger partial charge in [-0.2, -0.15) is 0 Å². The molecular formula is C10H16N2. The summed E-state index contributed by atoms with van der Waals surface area (Å²) in [6.45, 7) is 2.35. The molecule has 0 aromatic carbocycles. The van der Waals surface area contributed by atoms with Crippen molar-refractivity contribution in [3.05, 3.63) is 0 Å². The minimum Gasteiger partial charge on any atom is -0.306 e. The van der Waals surface area contributed by atoms with E-state index in [9.17, 15) is 0 Å². The summed E-state index contributed by atoms with van der Waals surface area (Å²) < 4.78 is 0. The Morgan fingerprint density at radius 1 is 1.42 bits per heavy atom. The zero-order valence-corrected chi connectivity index (χ0v) is 8.04. The third-order valence-corrected chi connectivity index (χ3v) is 3.50. The summed E-state index contributed by atoms with van der Waals surface area (Å²) in [5.74, 6) is 4.42. The summed E-state index contributed by atoms with van der Waals surface area (Å²) in [4.78, 5) is 4.59. The van der Waals surface area contributed by atoms with Gasteiger partial charge < -0.3 is 4.90 Å². The molecule has 1 aliphatic carbocycles. The third kappa shape index (κ3) is 0.734. The molecule has 2 heteroatoms. The van der Waals surface area contributed by atoms with Crippen LogP contribution in [0.2, 0.25) is 0 Å². The lowest BCUT2D eigenvalue weighted by Crippen LogP contribution is -2.38. The van der Waals surface area contributed by atoms with Crippen molar-refractivity contribution in [2.45, 2.75) is 5.54 Å². The van der Waals surface area contributed by atoms with Crippen molar-refractivity contribution < 1.29 is 0 Å². The zero-order valence-electron chi connectivity index (χ0n) is 8.04. The van der Waals surface area contributed by atoms with E-state index in [0.29, 0.717) is 0 Å². The van der Waals surface area contributed by atoms with Crippen molar-refractivity contribution in [2.75, 3.05) is 34.2 Å². The molecule has 2 aliphatic rings. The molecule has 2 rings (SSSR count). The standard InChI is InChI=1S/C10H16N2/c1-5-10(11(2)3)8-6-12(4)7-9(8)10/h1,8-9H,6-7H2,2-4H3. The van der Waals surface area contributed by atoms with Gasteiger partial charge in [0.2, 0.25) is 0 Å². The Hall–Kier alpha value is -0.520. The topological polar surface area (TPSA) is 6.48 Å². The highest BCUT2D eigenvalue weighted by atomic mass is 15.3. The summed E-state index contributed by atoms with van der Waals surface area (Å²) in [5, 5.41) is 0. The van der Waals surface area contributed by atoms with Crippen LogP contribution < -0.4 is 0 Å². The van der Waals surface area contributed by atoms with Gasteiger partial charge in [0.15, 0.2) is 0 Å². The molecular weight excluding hydrogens is 148 g/mol. The van der Waals surface area contributed by atoms with Crippen LogP contribution in [0.15, 0.2) is 0 Å². The Kier molecular flexibility index (Phi) is 1.51. The predicted molar refractivity (Wildman–Crippen MR) is 49.7 cm³/mol. The first-order valence-corrected chi connectivity index (χ1v) is 4.46. The minimum absolute atomic E-state index is 0.104. The van der Waals surface area contributed by atoms with Crippen LogP contribution in [0.25, 0.3) is 0 Å². The molecule has 2 unspecified atom stereocenters. The molecule has 1 aliphatic heterocycles. The first-order chi connectivity index (χ1) is 5.63. The van der Waals surface area contributed by atoms with Gasteiger partial charge in [-0.05, 0) is 21.1 Å². The van der Waals surface area contributed by atoms with Gasteiger partial charge in [-0.3, -0.25) is 4.90 Å². The van der Waals surface area contributed by atoms with Crippen LogP contribution in [0.1, 0.15) is 0 Å². The van der Waals surface area contributed by atoms with E-state index in [1.165, 1.54) is 13.1 Å². The second kappa shape index (κ2) is 2.25. The summed E-state index contributed by atoms with van der Waals surface area (Å²) in [5.41, 5.74) is 0.104. The quantitative estimate of drug-likeness (QED) is 0.508. The minimum atomic E-state index is 0.104. The molecule has 0 aromatic heterocycles. The lowest BCUT2D eigenvalue weighted by molar-refractivity contribution is 0.236. The van der Waals surface area contributed by atoms with E-state index in [1.807, 2.05) is 0 Å². The van der Waals surface area contributed by atoms with Crippen LogP contribution in [0.4, 0.5) is 0 Å². The van der Waals surface area contributed by atoms with E-state index < -0.39 is 0 Å². The second-order valence-corrected chi connectivity index (χ2v) is 4.30. The van der Waals surface area contributed by atoms with Gasteiger partial charge in [-0.25, -0.2) is 0 Å². The highest BCUT2D eigenvalue weighted by Gasteiger charge is 2.68. The summed E-state index contributed by atoms with van der Waals surface area (Å²) >= 11 is 0. The molecule has 0 amide bonds. The molecule has 0 N–H and O–H groups in total. The van der Waals surface area contributed by atoms with Gasteiger partial charge in [0.25, 0.3) is 0 Å². The molecule has 0 radical (unpaired) electrons. The Balaban J connectivity index is 2.15. The summed E-state index contributed by atoms with van der Waals surface area (Å²) in [7, 11) is 6.36. The Morgan fingerprint density at radius 3 is 2.25 bits per heavy atom. The fraction of sp³-hybridized carbons (Fsp3) is 0.800. The van der Waals surface area contributed by atoms with Crippen LogP contribution in [-0.2, 0) is 0 Å². The number of nitrogens with zero attached hydrogens (tertiary/aromatic N) is 2. The van der Waals surface area contributed by atoms with Gasteiger partial charge in [0.1, 0.15) is 0 Å². The molecule has 1 saturated carbocycles. The predicted octanol–water partition coefficient (Wildman–Crippen LogP) is 0.111. The number of likely N-dealkylation sites (tertiary alicyclic amines) is 1. The number of terminal acetylenes is 1. The van der Waals surface area contributed by atoms with Crippen molar-refractivity contribution in [1.29, 1.82) is 0 Å². The molecule has 66 valence electrons. The van der Waals surface area contributed by atoms with Crippen molar-refractivity contribution in [2.24, 2.45) is 11.8 Å². The maximum atomic E-state index is 5.60. The molecule has 2 nitrogen and oxygen atoms in total. The van der Waals surface area contributed by atoms with Crippen molar-refractivity contribution in [3.8, 4) is 12.3 Å². The van der Waals surface area contributed by atoms with E-state index >= 15 is 0 Å². The third-order valence-electron chi connectivity index (χ3n) is 3.50. The SMILES string of the molecule is C#CC1(N(C)C)C2CN(C)CC21. The van der Waals surface area contributed by atoms with Crippen LogP contribution in [0.3, 0.4) is 0 Å². The maximum absolute atomic E-state index is 5.60. The molecule has 12 heavy (non-hydrogen) atoms. The smallest absolute Gasteiger partial charge is 0.0907 e. The van der Waals surface area contributed by atoms with Crippen LogP contribution in [0, 0.1) is 24.2 Å². The van der Waals surface area contributed by atoms with Gasteiger partial charge in [-0.15, -0.1) is 6.42 Å². The Bertz CT molecular complexity index is 227. The van der Waals surface area contributed by atoms with Gasteiger partial charge in [0, 0.05) is 24.9 Å². The number of rotatable bonds is 1. The number of hydrogen-bond acceptors (Lipinski definition) is 2. The summed E-state index contributed by atoms with van der Waals surface area (Å²) in [6, 6.07) is 0.